The van der Waals surface area contributed by atoms with Gasteiger partial charge in [-0.2, -0.15) is 0 Å². The van der Waals surface area contributed by atoms with Crippen LogP contribution in [0.1, 0.15) is 117 Å². The van der Waals surface area contributed by atoms with Crippen LogP contribution in [0.15, 0.2) is 11.1 Å². The molecule has 0 bridgehead atoms. The molecule has 4 nitrogen and oxygen atoms in total. The number of nitrogens with zero attached hydrogens (tertiary/aromatic N) is 1. The fourth-order valence-electron chi connectivity index (χ4n) is 5.56. The summed E-state index contributed by atoms with van der Waals surface area (Å²) in [4.78, 5) is 15.6. The molecule has 1 saturated heterocycles. The van der Waals surface area contributed by atoms with Gasteiger partial charge in [0, 0.05) is 25.6 Å². The second kappa shape index (κ2) is 17.5. The van der Waals surface area contributed by atoms with Gasteiger partial charge in [-0.25, -0.2) is 0 Å². The first-order chi connectivity index (χ1) is 16.1. The summed E-state index contributed by atoms with van der Waals surface area (Å²) in [5.74, 6) is 0.864. The van der Waals surface area contributed by atoms with Crippen molar-refractivity contribution in [2.75, 3.05) is 39.3 Å². The van der Waals surface area contributed by atoms with Crippen molar-refractivity contribution >= 4 is 5.91 Å². The number of allylic oxidation sites excluding steroid dienone is 2. The van der Waals surface area contributed by atoms with Crippen LogP contribution in [-0.4, -0.2) is 50.1 Å². The fourth-order valence-corrected chi connectivity index (χ4v) is 5.56. The van der Waals surface area contributed by atoms with E-state index in [0.717, 1.165) is 45.4 Å². The van der Waals surface area contributed by atoms with Gasteiger partial charge in [0.05, 0.1) is 0 Å². The highest BCUT2D eigenvalue weighted by Crippen LogP contribution is 2.34. The van der Waals surface area contributed by atoms with E-state index in [4.69, 9.17) is 0 Å². The van der Waals surface area contributed by atoms with E-state index in [1.54, 1.807) is 0 Å². The fraction of sp³-hybridized carbons (Fsp3) is 0.897. The van der Waals surface area contributed by atoms with Crippen molar-refractivity contribution in [3.63, 3.8) is 0 Å². The lowest BCUT2D eigenvalue weighted by atomic mass is 9.76. The molecule has 2 rings (SSSR count). The molecule has 0 spiro atoms. The van der Waals surface area contributed by atoms with Gasteiger partial charge in [0.2, 0.25) is 5.91 Å². The second-order valence-electron chi connectivity index (χ2n) is 10.9. The molecule has 2 unspecified atom stereocenters. The smallest absolute Gasteiger partial charge is 0.223 e. The highest BCUT2D eigenvalue weighted by Gasteiger charge is 2.32. The first-order valence-electron chi connectivity index (χ1n) is 14.5. The van der Waals surface area contributed by atoms with Crippen LogP contribution in [0.5, 0.6) is 0 Å². The molecule has 1 amide bonds. The second-order valence-corrected chi connectivity index (χ2v) is 10.9. The third kappa shape index (κ3) is 11.9. The van der Waals surface area contributed by atoms with Crippen molar-refractivity contribution in [3.05, 3.63) is 11.1 Å². The molecule has 0 radical (unpaired) electrons. The number of piperidine rings is 1. The zero-order valence-electron chi connectivity index (χ0n) is 22.4. The summed E-state index contributed by atoms with van der Waals surface area (Å²) >= 11 is 0. The Balaban J connectivity index is 1.59. The van der Waals surface area contributed by atoms with Gasteiger partial charge in [0.1, 0.15) is 0 Å². The molecule has 0 aromatic heterocycles. The Labute approximate surface area is 205 Å². The number of carbonyl (C=O) groups is 1. The highest BCUT2D eigenvalue weighted by molar-refractivity contribution is 5.79. The van der Waals surface area contributed by atoms with Gasteiger partial charge in [-0.15, -0.1) is 0 Å². The van der Waals surface area contributed by atoms with E-state index in [1.165, 1.54) is 101 Å². The Hall–Kier alpha value is -0.870. The number of unbranched alkanes of at least 4 members (excludes halogenated alkanes) is 9. The van der Waals surface area contributed by atoms with Gasteiger partial charge in [-0.1, -0.05) is 82.3 Å². The van der Waals surface area contributed by atoms with E-state index in [-0.39, 0.29) is 5.92 Å². The number of hydrogen-bond donors (Lipinski definition) is 2. The number of carbonyl (C=O) groups excluding carboxylic acids is 1. The summed E-state index contributed by atoms with van der Waals surface area (Å²) < 4.78 is 0. The minimum Gasteiger partial charge on any atom is -0.356 e. The minimum atomic E-state index is 0.138. The molecule has 1 fully saturated rings. The normalized spacial score (nSPS) is 22.0. The quantitative estimate of drug-likeness (QED) is 0.193. The van der Waals surface area contributed by atoms with Crippen LogP contribution in [0.25, 0.3) is 0 Å². The summed E-state index contributed by atoms with van der Waals surface area (Å²) in [5.41, 5.74) is 2.93. The molecule has 2 aliphatic rings. The predicted octanol–water partition coefficient (Wildman–Crippen LogP) is 6.46. The molecule has 0 aromatic carbocycles. The largest absolute Gasteiger partial charge is 0.356 e. The van der Waals surface area contributed by atoms with Crippen LogP contribution in [-0.2, 0) is 4.79 Å². The lowest BCUT2D eigenvalue weighted by molar-refractivity contribution is -0.126. The van der Waals surface area contributed by atoms with E-state index >= 15 is 0 Å². The molecule has 2 atom stereocenters. The number of rotatable bonds is 17. The van der Waals surface area contributed by atoms with Crippen LogP contribution in [0, 0.1) is 11.8 Å². The Bertz CT molecular complexity index is 553. The Morgan fingerprint density at radius 3 is 2.09 bits per heavy atom. The number of likely N-dealkylation sites (tertiary alicyclic amines) is 1. The molecule has 0 aromatic rings. The van der Waals surface area contributed by atoms with Crippen LogP contribution in [0.4, 0.5) is 0 Å². The standard InChI is InChI=1S/C29H55N3O/c1-4-5-6-7-8-9-10-11-12-14-17-31-29(33)28-23-26(3)25(2)22-27(28)24-30-18-21-32-19-15-13-16-20-32/h27-28,30H,4-24H2,1-3H3,(H,31,33). The summed E-state index contributed by atoms with van der Waals surface area (Å²) in [7, 11) is 0. The molecule has 1 aliphatic carbocycles. The number of amides is 1. The first-order valence-corrected chi connectivity index (χ1v) is 14.5. The summed E-state index contributed by atoms with van der Waals surface area (Å²) in [6, 6.07) is 0. The molecular weight excluding hydrogens is 406 g/mol. The lowest BCUT2D eigenvalue weighted by Crippen LogP contribution is -2.42. The van der Waals surface area contributed by atoms with Crippen LogP contribution >= 0.6 is 0 Å². The molecular formula is C29H55N3O. The molecule has 4 heteroatoms. The third-order valence-electron chi connectivity index (χ3n) is 8.02. The van der Waals surface area contributed by atoms with E-state index in [0.29, 0.717) is 11.8 Å². The molecule has 1 heterocycles. The number of hydrogen-bond acceptors (Lipinski definition) is 3. The van der Waals surface area contributed by atoms with Crippen molar-refractivity contribution in [2.45, 2.75) is 117 Å². The predicted molar refractivity (Wildman–Crippen MR) is 143 cm³/mol. The summed E-state index contributed by atoms with van der Waals surface area (Å²) in [5, 5.41) is 6.98. The van der Waals surface area contributed by atoms with Gasteiger partial charge >= 0.3 is 0 Å². The Morgan fingerprint density at radius 1 is 0.818 bits per heavy atom. The lowest BCUT2D eigenvalue weighted by Gasteiger charge is -2.33. The van der Waals surface area contributed by atoms with Gasteiger partial charge in [-0.05, 0) is 71.5 Å². The molecule has 2 N–H and O–H groups in total. The van der Waals surface area contributed by atoms with Gasteiger partial charge in [0.25, 0.3) is 0 Å². The molecule has 1 aliphatic heterocycles. The Morgan fingerprint density at radius 2 is 1.42 bits per heavy atom. The van der Waals surface area contributed by atoms with Crippen LogP contribution < -0.4 is 10.6 Å². The third-order valence-corrected chi connectivity index (χ3v) is 8.02. The van der Waals surface area contributed by atoms with Crippen molar-refractivity contribution in [3.8, 4) is 0 Å². The van der Waals surface area contributed by atoms with E-state index in [1.807, 2.05) is 0 Å². The molecule has 0 saturated carbocycles. The SMILES string of the molecule is CCCCCCCCCCCCNC(=O)C1CC(C)=C(C)CC1CNCCN1CCCCC1. The van der Waals surface area contributed by atoms with Crippen molar-refractivity contribution in [1.82, 2.24) is 15.5 Å². The topological polar surface area (TPSA) is 44.4 Å². The Kier molecular flexibility index (Phi) is 15.1. The van der Waals surface area contributed by atoms with Crippen molar-refractivity contribution in [2.24, 2.45) is 11.8 Å². The highest BCUT2D eigenvalue weighted by atomic mass is 16.1. The van der Waals surface area contributed by atoms with Crippen LogP contribution in [0.2, 0.25) is 0 Å². The van der Waals surface area contributed by atoms with Gasteiger partial charge in [-0.3, -0.25) is 4.79 Å². The molecule has 192 valence electrons. The average molecular weight is 462 g/mol. The van der Waals surface area contributed by atoms with E-state index in [2.05, 4.69) is 36.3 Å². The zero-order chi connectivity index (χ0) is 23.7. The van der Waals surface area contributed by atoms with Crippen molar-refractivity contribution < 1.29 is 4.79 Å². The van der Waals surface area contributed by atoms with Crippen LogP contribution in [0.3, 0.4) is 0 Å². The van der Waals surface area contributed by atoms with Gasteiger partial charge in [0.15, 0.2) is 0 Å². The summed E-state index contributed by atoms with van der Waals surface area (Å²) in [6.07, 6.45) is 19.5. The average Bonchev–Trinajstić information content (AvgIpc) is 2.82. The molecule has 33 heavy (non-hydrogen) atoms. The maximum atomic E-state index is 13.0. The monoisotopic (exact) mass is 461 g/mol. The zero-order valence-corrected chi connectivity index (χ0v) is 22.4. The maximum absolute atomic E-state index is 13.0. The van der Waals surface area contributed by atoms with Crippen molar-refractivity contribution in [1.29, 1.82) is 0 Å². The maximum Gasteiger partial charge on any atom is 0.223 e. The summed E-state index contributed by atoms with van der Waals surface area (Å²) in [6.45, 7) is 13.3. The van der Waals surface area contributed by atoms with E-state index in [9.17, 15) is 4.79 Å². The number of nitrogens with one attached hydrogen (secondary N) is 2. The van der Waals surface area contributed by atoms with E-state index < -0.39 is 0 Å². The van der Waals surface area contributed by atoms with Gasteiger partial charge < -0.3 is 15.5 Å². The minimum absolute atomic E-state index is 0.138. The first kappa shape index (κ1) is 28.4.